The molecule has 1 aromatic heterocycles. The van der Waals surface area contributed by atoms with E-state index in [1.807, 2.05) is 6.92 Å². The minimum absolute atomic E-state index is 0.146. The van der Waals surface area contributed by atoms with Gasteiger partial charge in [0.25, 0.3) is 10.0 Å². The smallest absolute Gasteiger partial charge is 0.261 e. The molecule has 0 unspecified atom stereocenters. The first-order valence-electron chi connectivity index (χ1n) is 6.67. The number of nitrogens with one attached hydrogen (secondary N) is 1. The van der Waals surface area contributed by atoms with E-state index in [4.69, 9.17) is 4.74 Å². The van der Waals surface area contributed by atoms with Gasteiger partial charge >= 0.3 is 0 Å². The molecule has 0 spiro atoms. The highest BCUT2D eigenvalue weighted by Gasteiger charge is 2.14. The Hall–Kier alpha value is -2.35. The Balaban J connectivity index is 2.16. The molecule has 118 valence electrons. The normalized spacial score (nSPS) is 11.0. The second-order valence-corrected chi connectivity index (χ2v) is 6.36. The van der Waals surface area contributed by atoms with Crippen LogP contribution in [0.25, 0.3) is 0 Å². The van der Waals surface area contributed by atoms with Gasteiger partial charge in [-0.15, -0.1) is 0 Å². The SMILES string of the molecule is CCOc1ccc(S(=O)(=O)Nc2cnc(N(C)C)nc2)cc1. The lowest BCUT2D eigenvalue weighted by atomic mass is 10.3. The molecule has 1 heterocycles. The van der Waals surface area contributed by atoms with Crippen molar-refractivity contribution in [1.29, 1.82) is 0 Å². The maximum absolute atomic E-state index is 12.3. The van der Waals surface area contributed by atoms with E-state index in [2.05, 4.69) is 14.7 Å². The van der Waals surface area contributed by atoms with Crippen LogP contribution < -0.4 is 14.4 Å². The summed E-state index contributed by atoms with van der Waals surface area (Å²) < 4.78 is 32.3. The number of benzene rings is 1. The number of nitrogens with zero attached hydrogens (tertiary/aromatic N) is 3. The van der Waals surface area contributed by atoms with Gasteiger partial charge in [-0.3, -0.25) is 4.72 Å². The van der Waals surface area contributed by atoms with Crippen LogP contribution in [-0.2, 0) is 10.0 Å². The predicted molar refractivity (Wildman–Crippen MR) is 84.8 cm³/mol. The molecule has 0 radical (unpaired) electrons. The van der Waals surface area contributed by atoms with E-state index in [1.165, 1.54) is 24.5 Å². The van der Waals surface area contributed by atoms with Crippen molar-refractivity contribution < 1.29 is 13.2 Å². The fourth-order valence-corrected chi connectivity index (χ4v) is 2.73. The Bertz CT molecular complexity index is 713. The van der Waals surface area contributed by atoms with Crippen molar-refractivity contribution in [1.82, 2.24) is 9.97 Å². The van der Waals surface area contributed by atoms with Crippen LogP contribution in [0.4, 0.5) is 11.6 Å². The van der Waals surface area contributed by atoms with Crippen LogP contribution in [0, 0.1) is 0 Å². The molecule has 0 saturated heterocycles. The molecule has 8 heteroatoms. The summed E-state index contributed by atoms with van der Waals surface area (Å²) in [6.07, 6.45) is 2.85. The maximum Gasteiger partial charge on any atom is 0.261 e. The van der Waals surface area contributed by atoms with Gasteiger partial charge in [-0.25, -0.2) is 18.4 Å². The standard InChI is InChI=1S/C14H18N4O3S/c1-4-21-12-5-7-13(8-6-12)22(19,20)17-11-9-15-14(16-10-11)18(2)3/h5-10,17H,4H2,1-3H3. The van der Waals surface area contributed by atoms with Gasteiger partial charge in [0.2, 0.25) is 5.95 Å². The summed E-state index contributed by atoms with van der Waals surface area (Å²) in [7, 11) is -0.0680. The zero-order valence-electron chi connectivity index (χ0n) is 12.6. The van der Waals surface area contributed by atoms with E-state index in [1.54, 1.807) is 31.1 Å². The number of hydrogen-bond acceptors (Lipinski definition) is 6. The molecular weight excluding hydrogens is 304 g/mol. The average Bonchev–Trinajstić information content (AvgIpc) is 2.48. The van der Waals surface area contributed by atoms with Gasteiger partial charge in [-0.05, 0) is 31.2 Å². The molecule has 0 bridgehead atoms. The van der Waals surface area contributed by atoms with Gasteiger partial charge in [0.1, 0.15) is 5.75 Å². The van der Waals surface area contributed by atoms with Crippen molar-refractivity contribution in [3.8, 4) is 5.75 Å². The summed E-state index contributed by atoms with van der Waals surface area (Å²) in [4.78, 5) is 10.00. The lowest BCUT2D eigenvalue weighted by Gasteiger charge is -2.11. The van der Waals surface area contributed by atoms with Crippen LogP contribution >= 0.6 is 0 Å². The summed E-state index contributed by atoms with van der Waals surface area (Å²) in [5, 5.41) is 0. The third kappa shape index (κ3) is 3.85. The number of anilines is 2. The molecule has 22 heavy (non-hydrogen) atoms. The molecule has 0 aliphatic carbocycles. The fourth-order valence-electron chi connectivity index (χ4n) is 1.70. The fraction of sp³-hybridized carbons (Fsp3) is 0.286. The minimum Gasteiger partial charge on any atom is -0.494 e. The molecule has 0 amide bonds. The second-order valence-electron chi connectivity index (χ2n) is 4.68. The Morgan fingerprint density at radius 1 is 1.14 bits per heavy atom. The first-order valence-corrected chi connectivity index (χ1v) is 8.16. The number of rotatable bonds is 6. The van der Waals surface area contributed by atoms with Gasteiger partial charge in [-0.1, -0.05) is 0 Å². The van der Waals surface area contributed by atoms with Gasteiger partial charge in [0, 0.05) is 14.1 Å². The Kier molecular flexibility index (Phi) is 4.81. The number of sulfonamides is 1. The topological polar surface area (TPSA) is 84.4 Å². The van der Waals surface area contributed by atoms with E-state index < -0.39 is 10.0 Å². The van der Waals surface area contributed by atoms with Crippen LogP contribution in [-0.4, -0.2) is 39.1 Å². The summed E-state index contributed by atoms with van der Waals surface area (Å²) >= 11 is 0. The summed E-state index contributed by atoms with van der Waals surface area (Å²) in [5.74, 6) is 1.13. The lowest BCUT2D eigenvalue weighted by molar-refractivity contribution is 0.340. The molecule has 7 nitrogen and oxygen atoms in total. The van der Waals surface area contributed by atoms with Crippen molar-refractivity contribution >= 4 is 21.7 Å². The molecular formula is C14H18N4O3S. The quantitative estimate of drug-likeness (QED) is 0.872. The van der Waals surface area contributed by atoms with E-state index in [0.717, 1.165) is 0 Å². The van der Waals surface area contributed by atoms with Crippen molar-refractivity contribution in [2.24, 2.45) is 0 Å². The number of aromatic nitrogens is 2. The molecule has 1 aromatic carbocycles. The molecule has 0 aliphatic heterocycles. The first-order chi connectivity index (χ1) is 10.4. The molecule has 0 fully saturated rings. The molecule has 1 N–H and O–H groups in total. The van der Waals surface area contributed by atoms with Crippen LogP contribution in [0.2, 0.25) is 0 Å². The van der Waals surface area contributed by atoms with Gasteiger partial charge < -0.3 is 9.64 Å². The van der Waals surface area contributed by atoms with Crippen molar-refractivity contribution in [2.45, 2.75) is 11.8 Å². The van der Waals surface area contributed by atoms with E-state index in [-0.39, 0.29) is 4.90 Å². The molecule has 2 rings (SSSR count). The lowest BCUT2D eigenvalue weighted by Crippen LogP contribution is -2.15. The highest BCUT2D eigenvalue weighted by Crippen LogP contribution is 2.19. The zero-order chi connectivity index (χ0) is 16.2. The van der Waals surface area contributed by atoms with E-state index >= 15 is 0 Å². The minimum atomic E-state index is -3.68. The van der Waals surface area contributed by atoms with Crippen molar-refractivity contribution in [3.05, 3.63) is 36.7 Å². The zero-order valence-corrected chi connectivity index (χ0v) is 13.5. The molecule has 0 saturated carbocycles. The summed E-state index contributed by atoms with van der Waals surface area (Å²) in [6.45, 7) is 2.39. The third-order valence-electron chi connectivity index (χ3n) is 2.74. The van der Waals surface area contributed by atoms with Crippen molar-refractivity contribution in [2.75, 3.05) is 30.3 Å². The first kappa shape index (κ1) is 16.0. The summed E-state index contributed by atoms with van der Waals surface area (Å²) in [5.41, 5.74) is 0.305. The predicted octanol–water partition coefficient (Wildman–Crippen LogP) is 1.74. The van der Waals surface area contributed by atoms with Crippen LogP contribution in [0.5, 0.6) is 5.75 Å². The Labute approximate surface area is 130 Å². The molecule has 0 aliphatic rings. The van der Waals surface area contributed by atoms with Crippen LogP contribution in [0.1, 0.15) is 6.92 Å². The number of hydrogen-bond donors (Lipinski definition) is 1. The molecule has 2 aromatic rings. The van der Waals surface area contributed by atoms with Crippen LogP contribution in [0.15, 0.2) is 41.6 Å². The monoisotopic (exact) mass is 322 g/mol. The van der Waals surface area contributed by atoms with E-state index in [9.17, 15) is 8.42 Å². The Morgan fingerprint density at radius 3 is 2.23 bits per heavy atom. The van der Waals surface area contributed by atoms with Gasteiger partial charge in [0.05, 0.1) is 29.6 Å². The molecule has 0 atom stereocenters. The number of ether oxygens (including phenoxy) is 1. The highest BCUT2D eigenvalue weighted by molar-refractivity contribution is 7.92. The third-order valence-corrected chi connectivity index (χ3v) is 4.13. The largest absolute Gasteiger partial charge is 0.494 e. The highest BCUT2D eigenvalue weighted by atomic mass is 32.2. The maximum atomic E-state index is 12.3. The summed E-state index contributed by atoms with van der Waals surface area (Å²) in [6, 6.07) is 6.21. The second kappa shape index (κ2) is 6.61. The Morgan fingerprint density at radius 2 is 1.73 bits per heavy atom. The van der Waals surface area contributed by atoms with Crippen LogP contribution in [0.3, 0.4) is 0 Å². The van der Waals surface area contributed by atoms with Crippen molar-refractivity contribution in [3.63, 3.8) is 0 Å². The van der Waals surface area contributed by atoms with Gasteiger partial charge in [0.15, 0.2) is 0 Å². The average molecular weight is 322 g/mol. The van der Waals surface area contributed by atoms with E-state index in [0.29, 0.717) is 24.0 Å². The van der Waals surface area contributed by atoms with Gasteiger partial charge in [-0.2, -0.15) is 0 Å².